The van der Waals surface area contributed by atoms with E-state index in [2.05, 4.69) is 5.32 Å². The highest BCUT2D eigenvalue weighted by Crippen LogP contribution is 2.44. The third kappa shape index (κ3) is 2.31. The Morgan fingerprint density at radius 2 is 1.71 bits per heavy atom. The summed E-state index contributed by atoms with van der Waals surface area (Å²) in [4.78, 5) is 0. The van der Waals surface area contributed by atoms with Crippen molar-refractivity contribution in [2.75, 3.05) is 6.54 Å². The Labute approximate surface area is 87.7 Å². The first-order valence-electron chi connectivity index (χ1n) is 6.65. The van der Waals surface area contributed by atoms with Gasteiger partial charge in [0, 0.05) is 6.04 Å². The molecule has 0 amide bonds. The summed E-state index contributed by atoms with van der Waals surface area (Å²) in [6.45, 7) is 1.32. The van der Waals surface area contributed by atoms with E-state index in [-0.39, 0.29) is 0 Å². The molecule has 3 rings (SSSR count). The zero-order valence-electron chi connectivity index (χ0n) is 9.17. The monoisotopic (exact) mass is 193 g/mol. The molecule has 2 unspecified atom stereocenters. The van der Waals surface area contributed by atoms with Gasteiger partial charge in [-0.15, -0.1) is 0 Å². The fraction of sp³-hybridized carbons (Fsp3) is 1.00. The van der Waals surface area contributed by atoms with Crippen LogP contribution in [0.15, 0.2) is 0 Å². The Balaban J connectivity index is 1.42. The van der Waals surface area contributed by atoms with Crippen LogP contribution in [0.5, 0.6) is 0 Å². The van der Waals surface area contributed by atoms with Crippen molar-refractivity contribution in [1.82, 2.24) is 5.32 Å². The molecule has 1 nitrogen and oxygen atoms in total. The molecule has 0 saturated heterocycles. The van der Waals surface area contributed by atoms with Crippen LogP contribution in [0.2, 0.25) is 0 Å². The van der Waals surface area contributed by atoms with Gasteiger partial charge in [-0.25, -0.2) is 0 Å². The molecular formula is C13H23N. The topological polar surface area (TPSA) is 12.0 Å². The van der Waals surface area contributed by atoms with Crippen molar-refractivity contribution >= 4 is 0 Å². The van der Waals surface area contributed by atoms with Gasteiger partial charge in [0.25, 0.3) is 0 Å². The highest BCUT2D eigenvalue weighted by Gasteiger charge is 2.34. The van der Waals surface area contributed by atoms with Gasteiger partial charge in [-0.1, -0.05) is 12.8 Å². The lowest BCUT2D eigenvalue weighted by atomic mass is 9.82. The average molecular weight is 193 g/mol. The molecule has 80 valence electrons. The first kappa shape index (κ1) is 9.21. The minimum Gasteiger partial charge on any atom is -0.314 e. The van der Waals surface area contributed by atoms with E-state index in [1.165, 1.54) is 45.1 Å². The Kier molecular flexibility index (Phi) is 2.53. The Hall–Kier alpha value is -0.0400. The summed E-state index contributed by atoms with van der Waals surface area (Å²) in [5.74, 6) is 3.29. The molecule has 14 heavy (non-hydrogen) atoms. The molecule has 3 saturated carbocycles. The largest absolute Gasteiger partial charge is 0.314 e. The van der Waals surface area contributed by atoms with Crippen LogP contribution in [0.1, 0.15) is 51.4 Å². The number of hydrogen-bond donors (Lipinski definition) is 1. The molecule has 0 spiro atoms. The van der Waals surface area contributed by atoms with E-state index < -0.39 is 0 Å². The predicted octanol–water partition coefficient (Wildman–Crippen LogP) is 2.95. The van der Waals surface area contributed by atoms with Gasteiger partial charge in [-0.2, -0.15) is 0 Å². The highest BCUT2D eigenvalue weighted by molar-refractivity contribution is 4.88. The van der Waals surface area contributed by atoms with Crippen LogP contribution < -0.4 is 5.32 Å². The fourth-order valence-electron chi connectivity index (χ4n) is 3.06. The zero-order valence-corrected chi connectivity index (χ0v) is 9.17. The fourth-order valence-corrected chi connectivity index (χ4v) is 3.06. The standard InChI is InChI=1S/C13H23N/c1-2-12(11-6-7-11)8-13(3-1)14-9-10-4-5-10/h10-14H,1-9H2. The van der Waals surface area contributed by atoms with Crippen LogP contribution in [0.4, 0.5) is 0 Å². The molecule has 3 aliphatic carbocycles. The molecule has 0 heterocycles. The molecule has 3 fully saturated rings. The van der Waals surface area contributed by atoms with Gasteiger partial charge in [0.05, 0.1) is 0 Å². The minimum absolute atomic E-state index is 0.884. The van der Waals surface area contributed by atoms with Gasteiger partial charge in [0.2, 0.25) is 0 Å². The molecule has 3 aliphatic rings. The van der Waals surface area contributed by atoms with E-state index in [9.17, 15) is 0 Å². The lowest BCUT2D eigenvalue weighted by Gasteiger charge is -2.30. The van der Waals surface area contributed by atoms with Crippen molar-refractivity contribution in [1.29, 1.82) is 0 Å². The van der Waals surface area contributed by atoms with Crippen molar-refractivity contribution in [2.24, 2.45) is 17.8 Å². The summed E-state index contributed by atoms with van der Waals surface area (Å²) in [6, 6.07) is 0.884. The van der Waals surface area contributed by atoms with Crippen molar-refractivity contribution in [3.8, 4) is 0 Å². The van der Waals surface area contributed by atoms with E-state index in [4.69, 9.17) is 0 Å². The van der Waals surface area contributed by atoms with Gasteiger partial charge >= 0.3 is 0 Å². The van der Waals surface area contributed by atoms with Crippen molar-refractivity contribution in [2.45, 2.75) is 57.4 Å². The first-order chi connectivity index (χ1) is 6.92. The van der Waals surface area contributed by atoms with Crippen LogP contribution >= 0.6 is 0 Å². The van der Waals surface area contributed by atoms with E-state index >= 15 is 0 Å². The van der Waals surface area contributed by atoms with Crippen molar-refractivity contribution in [3.63, 3.8) is 0 Å². The maximum Gasteiger partial charge on any atom is 0.00699 e. The summed E-state index contributed by atoms with van der Waals surface area (Å²) >= 11 is 0. The molecule has 1 heteroatoms. The zero-order chi connectivity index (χ0) is 9.38. The number of rotatable bonds is 4. The molecule has 0 bridgehead atoms. The summed E-state index contributed by atoms with van der Waals surface area (Å²) in [6.07, 6.45) is 12.0. The molecule has 0 aliphatic heterocycles. The maximum absolute atomic E-state index is 3.80. The Morgan fingerprint density at radius 3 is 2.43 bits per heavy atom. The van der Waals surface area contributed by atoms with Crippen LogP contribution in [0.25, 0.3) is 0 Å². The minimum atomic E-state index is 0.884. The smallest absolute Gasteiger partial charge is 0.00699 e. The van der Waals surface area contributed by atoms with Crippen LogP contribution in [0.3, 0.4) is 0 Å². The van der Waals surface area contributed by atoms with Gasteiger partial charge in [-0.05, 0) is 62.8 Å². The molecule has 0 radical (unpaired) electrons. The Bertz CT molecular complexity index is 193. The summed E-state index contributed by atoms with van der Waals surface area (Å²) in [5, 5.41) is 3.80. The first-order valence-corrected chi connectivity index (χ1v) is 6.65. The van der Waals surface area contributed by atoms with E-state index in [1.54, 1.807) is 12.8 Å². The van der Waals surface area contributed by atoms with E-state index in [1.807, 2.05) is 0 Å². The van der Waals surface area contributed by atoms with Gasteiger partial charge in [0.1, 0.15) is 0 Å². The second-order valence-corrected chi connectivity index (χ2v) is 5.81. The third-order valence-corrected chi connectivity index (χ3v) is 4.40. The van der Waals surface area contributed by atoms with Crippen molar-refractivity contribution < 1.29 is 0 Å². The molecular weight excluding hydrogens is 170 g/mol. The van der Waals surface area contributed by atoms with Crippen LogP contribution in [0, 0.1) is 17.8 Å². The summed E-state index contributed by atoms with van der Waals surface area (Å²) < 4.78 is 0. The molecule has 0 aromatic heterocycles. The average Bonchev–Trinajstić information content (AvgIpc) is 3.06. The van der Waals surface area contributed by atoms with E-state index in [0.717, 1.165) is 23.8 Å². The van der Waals surface area contributed by atoms with Crippen molar-refractivity contribution in [3.05, 3.63) is 0 Å². The second kappa shape index (κ2) is 3.84. The molecule has 2 atom stereocenters. The normalized spacial score (nSPS) is 38.6. The maximum atomic E-state index is 3.80. The third-order valence-electron chi connectivity index (χ3n) is 4.40. The predicted molar refractivity (Wildman–Crippen MR) is 59.2 cm³/mol. The highest BCUT2D eigenvalue weighted by atomic mass is 14.9. The SMILES string of the molecule is C1CC(NCC2CC2)CC(C2CC2)C1. The molecule has 0 aromatic rings. The number of hydrogen-bond acceptors (Lipinski definition) is 1. The molecule has 1 N–H and O–H groups in total. The Morgan fingerprint density at radius 1 is 0.857 bits per heavy atom. The number of nitrogens with one attached hydrogen (secondary N) is 1. The van der Waals surface area contributed by atoms with Gasteiger partial charge < -0.3 is 5.32 Å². The van der Waals surface area contributed by atoms with Crippen LogP contribution in [-0.2, 0) is 0 Å². The van der Waals surface area contributed by atoms with Gasteiger partial charge in [-0.3, -0.25) is 0 Å². The second-order valence-electron chi connectivity index (χ2n) is 5.81. The van der Waals surface area contributed by atoms with Crippen LogP contribution in [-0.4, -0.2) is 12.6 Å². The lowest BCUT2D eigenvalue weighted by Crippen LogP contribution is -2.35. The molecule has 0 aromatic carbocycles. The van der Waals surface area contributed by atoms with E-state index in [0.29, 0.717) is 0 Å². The lowest BCUT2D eigenvalue weighted by molar-refractivity contribution is 0.260. The summed E-state index contributed by atoms with van der Waals surface area (Å²) in [5.41, 5.74) is 0. The van der Waals surface area contributed by atoms with Gasteiger partial charge in [0.15, 0.2) is 0 Å². The summed E-state index contributed by atoms with van der Waals surface area (Å²) in [7, 11) is 0. The quantitative estimate of drug-likeness (QED) is 0.724.